The van der Waals surface area contributed by atoms with Gasteiger partial charge in [0.05, 0.1) is 5.41 Å². The van der Waals surface area contributed by atoms with Gasteiger partial charge in [-0.1, -0.05) is 13.8 Å². The molecule has 0 aliphatic carbocycles. The Morgan fingerprint density at radius 1 is 1.47 bits per heavy atom. The fraction of sp³-hybridized carbons (Fsp3) is 0.533. The summed E-state index contributed by atoms with van der Waals surface area (Å²) in [6.45, 7) is 7.52. The molecular weight excluding hydrogens is 243 g/mol. The molecule has 19 heavy (non-hydrogen) atoms. The minimum absolute atomic E-state index is 0.0298. The van der Waals surface area contributed by atoms with Crippen molar-refractivity contribution in [3.05, 3.63) is 29.6 Å². The highest BCUT2D eigenvalue weighted by atomic mass is 19.1. The van der Waals surface area contributed by atoms with Crippen LogP contribution in [-0.4, -0.2) is 19.0 Å². The van der Waals surface area contributed by atoms with Gasteiger partial charge in [0.15, 0.2) is 0 Å². The van der Waals surface area contributed by atoms with Crippen molar-refractivity contribution < 1.29 is 9.18 Å². The Labute approximate surface area is 113 Å². The van der Waals surface area contributed by atoms with Crippen molar-refractivity contribution in [2.45, 2.75) is 27.2 Å². The molecule has 1 saturated heterocycles. The first-order valence-electron chi connectivity index (χ1n) is 6.74. The van der Waals surface area contributed by atoms with Gasteiger partial charge in [-0.2, -0.15) is 0 Å². The third-order valence-electron chi connectivity index (χ3n) is 4.18. The fourth-order valence-electron chi connectivity index (χ4n) is 2.67. The second kappa shape index (κ2) is 5.29. The Balaban J connectivity index is 2.20. The van der Waals surface area contributed by atoms with Crippen LogP contribution >= 0.6 is 0 Å². The van der Waals surface area contributed by atoms with Gasteiger partial charge in [0.25, 0.3) is 0 Å². The molecule has 1 aromatic carbocycles. The van der Waals surface area contributed by atoms with E-state index in [1.165, 1.54) is 12.1 Å². The summed E-state index contributed by atoms with van der Waals surface area (Å²) in [5.74, 6) is 0.0158. The van der Waals surface area contributed by atoms with Crippen LogP contribution in [0.15, 0.2) is 18.2 Å². The summed E-state index contributed by atoms with van der Waals surface area (Å²) < 4.78 is 13.1. The van der Waals surface area contributed by atoms with Gasteiger partial charge in [0.1, 0.15) is 5.82 Å². The number of carbonyl (C=O) groups is 1. The van der Waals surface area contributed by atoms with Crippen molar-refractivity contribution in [3.8, 4) is 0 Å². The van der Waals surface area contributed by atoms with E-state index in [4.69, 9.17) is 0 Å². The number of amides is 1. The molecule has 1 unspecified atom stereocenters. The number of aryl methyl sites for hydroxylation is 1. The topological polar surface area (TPSA) is 41.1 Å². The number of hydrogen-bond donors (Lipinski definition) is 2. The lowest BCUT2D eigenvalue weighted by molar-refractivity contribution is -0.126. The Bertz CT molecular complexity index is 479. The molecule has 0 saturated carbocycles. The molecule has 3 nitrogen and oxygen atoms in total. The van der Waals surface area contributed by atoms with Crippen molar-refractivity contribution >= 4 is 11.6 Å². The van der Waals surface area contributed by atoms with Crippen LogP contribution in [0.3, 0.4) is 0 Å². The van der Waals surface area contributed by atoms with E-state index in [9.17, 15) is 9.18 Å². The molecule has 1 fully saturated rings. The zero-order valence-electron chi connectivity index (χ0n) is 11.7. The number of nitrogens with one attached hydrogen (secondary N) is 2. The van der Waals surface area contributed by atoms with E-state index in [1.54, 1.807) is 13.0 Å². The second-order valence-electron chi connectivity index (χ2n) is 5.65. The van der Waals surface area contributed by atoms with Crippen molar-refractivity contribution in [2.24, 2.45) is 11.3 Å². The highest BCUT2D eigenvalue weighted by Gasteiger charge is 2.43. The number of rotatable bonds is 3. The predicted octanol–water partition coefficient (Wildman–Crippen LogP) is 2.71. The zero-order chi connectivity index (χ0) is 14.0. The molecule has 1 aromatic rings. The van der Waals surface area contributed by atoms with Gasteiger partial charge < -0.3 is 10.6 Å². The Kier molecular flexibility index (Phi) is 3.90. The maximum absolute atomic E-state index is 13.1. The molecule has 0 aromatic heterocycles. The molecule has 1 atom stereocenters. The summed E-state index contributed by atoms with van der Waals surface area (Å²) in [5.41, 5.74) is 1.08. The highest BCUT2D eigenvalue weighted by Crippen LogP contribution is 2.35. The number of carbonyl (C=O) groups excluding carboxylic acids is 1. The van der Waals surface area contributed by atoms with Gasteiger partial charge >= 0.3 is 0 Å². The molecular formula is C15H21FN2O. The lowest BCUT2D eigenvalue weighted by Gasteiger charge is -2.31. The Morgan fingerprint density at radius 2 is 2.21 bits per heavy atom. The molecule has 1 aliphatic heterocycles. The molecule has 104 valence electrons. The number of benzene rings is 1. The lowest BCUT2D eigenvalue weighted by atomic mass is 9.75. The van der Waals surface area contributed by atoms with Crippen LogP contribution < -0.4 is 10.6 Å². The van der Waals surface area contributed by atoms with Crippen LogP contribution in [0, 0.1) is 24.1 Å². The van der Waals surface area contributed by atoms with Crippen LogP contribution in [-0.2, 0) is 4.79 Å². The average molecular weight is 264 g/mol. The summed E-state index contributed by atoms with van der Waals surface area (Å²) in [6, 6.07) is 4.43. The van der Waals surface area contributed by atoms with E-state index in [0.717, 1.165) is 18.5 Å². The minimum atomic E-state index is -0.360. The SMILES string of the molecule is Cc1cc(F)ccc1NC(=O)C1(C(C)C)CCNC1. The van der Waals surface area contributed by atoms with E-state index in [0.29, 0.717) is 12.2 Å². The van der Waals surface area contributed by atoms with Gasteiger partial charge in [-0.15, -0.1) is 0 Å². The maximum atomic E-state index is 13.1. The van der Waals surface area contributed by atoms with Crippen molar-refractivity contribution in [1.82, 2.24) is 5.32 Å². The van der Waals surface area contributed by atoms with Crippen molar-refractivity contribution in [1.29, 1.82) is 0 Å². The summed E-state index contributed by atoms with van der Waals surface area (Å²) >= 11 is 0. The molecule has 0 spiro atoms. The summed E-state index contributed by atoms with van der Waals surface area (Å²) in [7, 11) is 0. The summed E-state index contributed by atoms with van der Waals surface area (Å²) in [4.78, 5) is 12.6. The quantitative estimate of drug-likeness (QED) is 0.881. The van der Waals surface area contributed by atoms with Crippen LogP contribution in [0.25, 0.3) is 0 Å². The first-order valence-corrected chi connectivity index (χ1v) is 6.74. The number of halogens is 1. The smallest absolute Gasteiger partial charge is 0.232 e. The molecule has 4 heteroatoms. The van der Waals surface area contributed by atoms with E-state index in [1.807, 2.05) is 0 Å². The van der Waals surface area contributed by atoms with Crippen LogP contribution in [0.4, 0.5) is 10.1 Å². The molecule has 1 heterocycles. The monoisotopic (exact) mass is 264 g/mol. The number of hydrogen-bond acceptors (Lipinski definition) is 2. The maximum Gasteiger partial charge on any atom is 0.232 e. The van der Waals surface area contributed by atoms with Gasteiger partial charge in [0.2, 0.25) is 5.91 Å². The van der Waals surface area contributed by atoms with Crippen LogP contribution in [0.2, 0.25) is 0 Å². The van der Waals surface area contributed by atoms with Crippen LogP contribution in [0.1, 0.15) is 25.8 Å². The van der Waals surface area contributed by atoms with E-state index < -0.39 is 0 Å². The zero-order valence-corrected chi connectivity index (χ0v) is 11.7. The van der Waals surface area contributed by atoms with Crippen LogP contribution in [0.5, 0.6) is 0 Å². The molecule has 0 bridgehead atoms. The van der Waals surface area contributed by atoms with E-state index in [-0.39, 0.29) is 23.1 Å². The highest BCUT2D eigenvalue weighted by molar-refractivity contribution is 5.96. The molecule has 1 amide bonds. The summed E-state index contributed by atoms with van der Waals surface area (Å²) in [6.07, 6.45) is 0.844. The summed E-state index contributed by atoms with van der Waals surface area (Å²) in [5, 5.41) is 6.22. The largest absolute Gasteiger partial charge is 0.325 e. The van der Waals surface area contributed by atoms with E-state index >= 15 is 0 Å². The van der Waals surface area contributed by atoms with Gasteiger partial charge in [-0.3, -0.25) is 4.79 Å². The second-order valence-corrected chi connectivity index (χ2v) is 5.65. The minimum Gasteiger partial charge on any atom is -0.325 e. The predicted molar refractivity (Wildman–Crippen MR) is 74.5 cm³/mol. The standard InChI is InChI=1S/C15H21FN2O/c1-10(2)15(6-7-17-9-15)14(19)18-13-5-4-12(16)8-11(13)3/h4-5,8,10,17H,6-7,9H2,1-3H3,(H,18,19). The van der Waals surface area contributed by atoms with Gasteiger partial charge in [-0.25, -0.2) is 4.39 Å². The molecule has 2 rings (SSSR count). The molecule has 1 aliphatic rings. The van der Waals surface area contributed by atoms with Gasteiger partial charge in [0, 0.05) is 12.2 Å². The van der Waals surface area contributed by atoms with Gasteiger partial charge in [-0.05, 0) is 49.6 Å². The Hall–Kier alpha value is -1.42. The molecule has 0 radical (unpaired) electrons. The average Bonchev–Trinajstić information content (AvgIpc) is 2.83. The normalized spacial score (nSPS) is 22.8. The Morgan fingerprint density at radius 3 is 2.74 bits per heavy atom. The van der Waals surface area contributed by atoms with Crippen molar-refractivity contribution in [2.75, 3.05) is 18.4 Å². The van der Waals surface area contributed by atoms with E-state index in [2.05, 4.69) is 24.5 Å². The first-order chi connectivity index (χ1) is 8.95. The first kappa shape index (κ1) is 14.0. The molecule has 2 N–H and O–H groups in total. The fourth-order valence-corrected chi connectivity index (χ4v) is 2.67. The third kappa shape index (κ3) is 2.63. The van der Waals surface area contributed by atoms with Crippen molar-refractivity contribution in [3.63, 3.8) is 0 Å². The number of anilines is 1. The lowest BCUT2D eigenvalue weighted by Crippen LogP contribution is -2.42. The third-order valence-corrected chi connectivity index (χ3v) is 4.18.